The number of anilines is 1. The summed E-state index contributed by atoms with van der Waals surface area (Å²) >= 11 is 1.49. The Kier molecular flexibility index (Phi) is 5.01. The van der Waals surface area contributed by atoms with Gasteiger partial charge in [0, 0.05) is 16.6 Å². The van der Waals surface area contributed by atoms with E-state index in [1.54, 1.807) is 0 Å². The summed E-state index contributed by atoms with van der Waals surface area (Å²) in [5.74, 6) is -0.0420. The van der Waals surface area contributed by atoms with Crippen molar-refractivity contribution in [3.8, 4) is 0 Å². The zero-order valence-electron chi connectivity index (χ0n) is 12.2. The number of amides is 1. The van der Waals surface area contributed by atoms with Gasteiger partial charge in [-0.1, -0.05) is 44.4 Å². The van der Waals surface area contributed by atoms with Gasteiger partial charge in [0.15, 0.2) is 0 Å². The maximum Gasteiger partial charge on any atom is 0.263 e. The largest absolute Gasteiger partial charge is 0.397 e. The quantitative estimate of drug-likeness (QED) is 0.787. The number of rotatable bonds is 6. The number of nitrogens with two attached hydrogens (primary N) is 1. The van der Waals surface area contributed by atoms with Crippen molar-refractivity contribution in [3.05, 3.63) is 28.6 Å². The van der Waals surface area contributed by atoms with Crippen LogP contribution in [-0.4, -0.2) is 12.5 Å². The molecule has 3 nitrogen and oxygen atoms in total. The molecular weight excluding hydrogens is 268 g/mol. The molecule has 0 fully saturated rings. The number of fused-ring (bicyclic) bond motifs is 1. The van der Waals surface area contributed by atoms with Crippen molar-refractivity contribution in [2.45, 2.75) is 39.5 Å². The third kappa shape index (κ3) is 3.12. The number of aryl methyl sites for hydroxylation is 1. The fourth-order valence-corrected chi connectivity index (χ4v) is 3.39. The van der Waals surface area contributed by atoms with Crippen molar-refractivity contribution in [1.29, 1.82) is 0 Å². The highest BCUT2D eigenvalue weighted by molar-refractivity contribution is 7.21. The third-order valence-electron chi connectivity index (χ3n) is 3.47. The lowest BCUT2D eigenvalue weighted by molar-refractivity contribution is 0.0958. The summed E-state index contributed by atoms with van der Waals surface area (Å²) in [6, 6.07) is 6.00. The van der Waals surface area contributed by atoms with Gasteiger partial charge in [-0.05, 0) is 18.9 Å². The lowest BCUT2D eigenvalue weighted by atomic mass is 10.1. The number of carbonyl (C=O) groups is 1. The van der Waals surface area contributed by atoms with Crippen molar-refractivity contribution in [1.82, 2.24) is 5.32 Å². The van der Waals surface area contributed by atoms with Gasteiger partial charge in [0.2, 0.25) is 0 Å². The number of carbonyl (C=O) groups excluding carboxylic acids is 1. The molecule has 20 heavy (non-hydrogen) atoms. The summed E-state index contributed by atoms with van der Waals surface area (Å²) in [7, 11) is 0. The SMILES string of the molecule is CCCCCCNC(=O)c1sc2c(C)cccc2c1N. The molecule has 3 N–H and O–H groups in total. The van der Waals surface area contributed by atoms with E-state index in [0.717, 1.165) is 29.5 Å². The van der Waals surface area contributed by atoms with Crippen LogP contribution in [0.3, 0.4) is 0 Å². The Bertz CT molecular complexity index is 604. The molecule has 2 rings (SSSR count). The maximum absolute atomic E-state index is 12.2. The van der Waals surface area contributed by atoms with Gasteiger partial charge in [0.25, 0.3) is 5.91 Å². The molecule has 1 aromatic heterocycles. The Balaban J connectivity index is 2.07. The summed E-state index contributed by atoms with van der Waals surface area (Å²) in [4.78, 5) is 12.8. The number of nitrogen functional groups attached to an aromatic ring is 1. The fraction of sp³-hybridized carbons (Fsp3) is 0.438. The van der Waals surface area contributed by atoms with Crippen LogP contribution in [0.2, 0.25) is 0 Å². The standard InChI is InChI=1S/C16H22N2OS/c1-3-4-5-6-10-18-16(19)15-13(17)12-9-7-8-11(2)14(12)20-15/h7-9H,3-6,10,17H2,1-2H3,(H,18,19). The van der Waals surface area contributed by atoms with Gasteiger partial charge in [0.05, 0.1) is 5.69 Å². The minimum absolute atomic E-state index is 0.0420. The van der Waals surface area contributed by atoms with Gasteiger partial charge >= 0.3 is 0 Å². The average molecular weight is 290 g/mol. The normalized spacial score (nSPS) is 10.9. The Morgan fingerprint density at radius 3 is 2.80 bits per heavy atom. The van der Waals surface area contributed by atoms with E-state index in [2.05, 4.69) is 12.2 Å². The van der Waals surface area contributed by atoms with E-state index in [-0.39, 0.29) is 5.91 Å². The highest BCUT2D eigenvalue weighted by Crippen LogP contribution is 2.35. The predicted molar refractivity (Wildman–Crippen MR) is 87.4 cm³/mol. The Morgan fingerprint density at radius 1 is 1.30 bits per heavy atom. The van der Waals surface area contributed by atoms with Crippen LogP contribution in [0.15, 0.2) is 18.2 Å². The van der Waals surface area contributed by atoms with E-state index in [0.29, 0.717) is 10.6 Å². The summed E-state index contributed by atoms with van der Waals surface area (Å²) in [6.45, 7) is 4.95. The van der Waals surface area contributed by atoms with Crippen LogP contribution in [-0.2, 0) is 0 Å². The Hall–Kier alpha value is -1.55. The topological polar surface area (TPSA) is 55.1 Å². The number of hydrogen-bond acceptors (Lipinski definition) is 3. The summed E-state index contributed by atoms with van der Waals surface area (Å²) < 4.78 is 1.11. The monoisotopic (exact) mass is 290 g/mol. The lowest BCUT2D eigenvalue weighted by Crippen LogP contribution is -2.24. The molecule has 1 amide bonds. The molecule has 0 aliphatic carbocycles. The number of nitrogens with one attached hydrogen (secondary N) is 1. The zero-order valence-corrected chi connectivity index (χ0v) is 13.0. The smallest absolute Gasteiger partial charge is 0.263 e. The van der Waals surface area contributed by atoms with E-state index in [4.69, 9.17) is 5.73 Å². The molecule has 2 aromatic rings. The first kappa shape index (κ1) is 14.9. The number of thiophene rings is 1. The van der Waals surface area contributed by atoms with Gasteiger partial charge < -0.3 is 11.1 Å². The van der Waals surface area contributed by atoms with E-state index in [9.17, 15) is 4.79 Å². The summed E-state index contributed by atoms with van der Waals surface area (Å²) in [5, 5.41) is 3.96. The molecule has 0 unspecified atom stereocenters. The van der Waals surface area contributed by atoms with E-state index in [1.807, 2.05) is 25.1 Å². The van der Waals surface area contributed by atoms with Gasteiger partial charge in [-0.25, -0.2) is 0 Å². The fourth-order valence-electron chi connectivity index (χ4n) is 2.28. The third-order valence-corrected chi connectivity index (χ3v) is 4.83. The van der Waals surface area contributed by atoms with E-state index >= 15 is 0 Å². The number of hydrogen-bond donors (Lipinski definition) is 2. The van der Waals surface area contributed by atoms with Crippen LogP contribution in [0.5, 0.6) is 0 Å². The Labute approximate surface area is 124 Å². The van der Waals surface area contributed by atoms with Gasteiger partial charge in [-0.15, -0.1) is 11.3 Å². The second-order valence-corrected chi connectivity index (χ2v) is 6.13. The maximum atomic E-state index is 12.2. The zero-order chi connectivity index (χ0) is 14.5. The van der Waals surface area contributed by atoms with Gasteiger partial charge in [-0.2, -0.15) is 0 Å². The molecule has 4 heteroatoms. The van der Waals surface area contributed by atoms with E-state index in [1.165, 1.54) is 29.7 Å². The second kappa shape index (κ2) is 6.75. The molecule has 0 aliphatic rings. The number of benzene rings is 1. The van der Waals surface area contributed by atoms with E-state index < -0.39 is 0 Å². The van der Waals surface area contributed by atoms with Crippen LogP contribution in [0.1, 0.15) is 47.8 Å². The minimum Gasteiger partial charge on any atom is -0.397 e. The van der Waals surface area contributed by atoms with Crippen LogP contribution < -0.4 is 11.1 Å². The molecule has 0 spiro atoms. The molecule has 0 bridgehead atoms. The first-order chi connectivity index (χ1) is 9.65. The van der Waals surface area contributed by atoms with Gasteiger partial charge in [-0.3, -0.25) is 4.79 Å². The molecule has 0 saturated heterocycles. The first-order valence-electron chi connectivity index (χ1n) is 7.21. The average Bonchev–Trinajstić information content (AvgIpc) is 2.78. The minimum atomic E-state index is -0.0420. The van der Waals surface area contributed by atoms with Crippen molar-refractivity contribution in [2.24, 2.45) is 0 Å². The van der Waals surface area contributed by atoms with Crippen molar-refractivity contribution in [3.63, 3.8) is 0 Å². The number of unbranched alkanes of at least 4 members (excludes halogenated alkanes) is 3. The Morgan fingerprint density at radius 2 is 2.10 bits per heavy atom. The molecule has 1 heterocycles. The highest BCUT2D eigenvalue weighted by atomic mass is 32.1. The lowest BCUT2D eigenvalue weighted by Gasteiger charge is -2.03. The summed E-state index contributed by atoms with van der Waals surface area (Å²) in [5.41, 5.74) is 7.89. The molecule has 0 radical (unpaired) electrons. The van der Waals surface area contributed by atoms with Crippen LogP contribution in [0.4, 0.5) is 5.69 Å². The van der Waals surface area contributed by atoms with Gasteiger partial charge in [0.1, 0.15) is 4.88 Å². The molecule has 108 valence electrons. The first-order valence-corrected chi connectivity index (χ1v) is 8.02. The highest BCUT2D eigenvalue weighted by Gasteiger charge is 2.16. The van der Waals surface area contributed by atoms with Crippen molar-refractivity contribution < 1.29 is 4.79 Å². The second-order valence-electron chi connectivity index (χ2n) is 5.11. The summed E-state index contributed by atoms with van der Waals surface area (Å²) in [6.07, 6.45) is 4.62. The van der Waals surface area contributed by atoms with Crippen molar-refractivity contribution >= 4 is 33.0 Å². The molecule has 0 atom stereocenters. The van der Waals surface area contributed by atoms with Crippen LogP contribution >= 0.6 is 11.3 Å². The molecule has 0 aliphatic heterocycles. The van der Waals surface area contributed by atoms with Crippen molar-refractivity contribution in [2.75, 3.05) is 12.3 Å². The van der Waals surface area contributed by atoms with Crippen LogP contribution in [0, 0.1) is 6.92 Å². The van der Waals surface area contributed by atoms with Crippen LogP contribution in [0.25, 0.3) is 10.1 Å². The molecule has 1 aromatic carbocycles. The predicted octanol–water partition coefficient (Wildman–Crippen LogP) is 4.10. The molecular formula is C16H22N2OS. The molecule has 0 saturated carbocycles.